The minimum absolute atomic E-state index is 0.392. The lowest BCUT2D eigenvalue weighted by Crippen LogP contribution is -2.31. The van der Waals surface area contributed by atoms with Crippen LogP contribution < -0.4 is 4.72 Å². The van der Waals surface area contributed by atoms with E-state index < -0.39 is 10.0 Å². The summed E-state index contributed by atoms with van der Waals surface area (Å²) in [5, 5.41) is 0.962. The highest BCUT2D eigenvalue weighted by Crippen LogP contribution is 2.32. The first-order valence-corrected chi connectivity index (χ1v) is 9.26. The van der Waals surface area contributed by atoms with Crippen molar-refractivity contribution in [2.24, 2.45) is 11.8 Å². The molecular formula is C14H20BrNO2S. The molecule has 1 fully saturated rings. The van der Waals surface area contributed by atoms with Crippen LogP contribution in [0.25, 0.3) is 0 Å². The molecule has 5 heteroatoms. The van der Waals surface area contributed by atoms with Crippen LogP contribution in [0.4, 0.5) is 0 Å². The lowest BCUT2D eigenvalue weighted by atomic mass is 9.99. The molecule has 2 unspecified atom stereocenters. The Bertz CT molecular complexity index is 530. The molecule has 0 aliphatic heterocycles. The monoisotopic (exact) mass is 345 g/mol. The second-order valence-electron chi connectivity index (χ2n) is 5.22. The number of alkyl halides is 1. The molecule has 0 aromatic heterocycles. The number of rotatable bonds is 5. The first-order valence-electron chi connectivity index (χ1n) is 6.66. The van der Waals surface area contributed by atoms with E-state index in [0.29, 0.717) is 23.3 Å². The molecule has 1 saturated carbocycles. The Labute approximate surface area is 124 Å². The molecule has 1 N–H and O–H groups in total. The Hall–Kier alpha value is -0.390. The molecule has 1 aromatic rings. The van der Waals surface area contributed by atoms with Crippen molar-refractivity contribution in [1.82, 2.24) is 4.72 Å². The number of nitrogens with one attached hydrogen (secondary N) is 1. The summed E-state index contributed by atoms with van der Waals surface area (Å²) < 4.78 is 27.3. The Balaban J connectivity index is 2.04. The first-order chi connectivity index (χ1) is 9.04. The molecule has 1 aliphatic rings. The van der Waals surface area contributed by atoms with Crippen molar-refractivity contribution in [2.75, 3.05) is 11.9 Å². The van der Waals surface area contributed by atoms with Crippen LogP contribution in [0.15, 0.2) is 29.2 Å². The zero-order valence-electron chi connectivity index (χ0n) is 11.1. The number of hydrogen-bond acceptors (Lipinski definition) is 2. The van der Waals surface area contributed by atoms with Gasteiger partial charge in [0.15, 0.2) is 0 Å². The van der Waals surface area contributed by atoms with Crippen LogP contribution in [0, 0.1) is 18.8 Å². The van der Waals surface area contributed by atoms with E-state index in [-0.39, 0.29) is 0 Å². The molecule has 1 aromatic carbocycles. The summed E-state index contributed by atoms with van der Waals surface area (Å²) in [5.74, 6) is 1.05. The van der Waals surface area contributed by atoms with E-state index in [1.165, 1.54) is 12.8 Å². The van der Waals surface area contributed by atoms with Gasteiger partial charge in [0.25, 0.3) is 0 Å². The Morgan fingerprint density at radius 3 is 2.63 bits per heavy atom. The first kappa shape index (κ1) is 15.0. The van der Waals surface area contributed by atoms with E-state index in [1.807, 2.05) is 19.1 Å². The molecule has 1 aliphatic carbocycles. The quantitative estimate of drug-likeness (QED) is 0.833. The van der Waals surface area contributed by atoms with Crippen LogP contribution >= 0.6 is 15.9 Å². The van der Waals surface area contributed by atoms with Crippen molar-refractivity contribution in [3.8, 4) is 0 Å². The molecule has 2 atom stereocenters. The zero-order valence-corrected chi connectivity index (χ0v) is 13.5. The molecule has 0 heterocycles. The topological polar surface area (TPSA) is 46.2 Å². The SMILES string of the molecule is Cc1ccccc1S(=O)(=O)NCC1CCCC1CBr. The normalized spacial score (nSPS) is 23.7. The maximum absolute atomic E-state index is 12.3. The zero-order chi connectivity index (χ0) is 13.9. The van der Waals surface area contributed by atoms with Gasteiger partial charge >= 0.3 is 0 Å². The highest BCUT2D eigenvalue weighted by molar-refractivity contribution is 9.09. The minimum Gasteiger partial charge on any atom is -0.211 e. The molecule has 0 amide bonds. The maximum atomic E-state index is 12.3. The minimum atomic E-state index is -3.38. The van der Waals surface area contributed by atoms with Gasteiger partial charge in [0.2, 0.25) is 10.0 Å². The van der Waals surface area contributed by atoms with Crippen LogP contribution in [-0.4, -0.2) is 20.3 Å². The third-order valence-corrected chi connectivity index (χ3v) is 6.35. The summed E-state index contributed by atoms with van der Waals surface area (Å²) in [5.41, 5.74) is 0.790. The van der Waals surface area contributed by atoms with E-state index in [4.69, 9.17) is 0 Å². The van der Waals surface area contributed by atoms with E-state index >= 15 is 0 Å². The third-order valence-electron chi connectivity index (χ3n) is 3.93. The van der Waals surface area contributed by atoms with Crippen molar-refractivity contribution in [3.63, 3.8) is 0 Å². The average molecular weight is 346 g/mol. The van der Waals surface area contributed by atoms with Crippen molar-refractivity contribution >= 4 is 26.0 Å². The maximum Gasteiger partial charge on any atom is 0.240 e. The van der Waals surface area contributed by atoms with Gasteiger partial charge in [-0.25, -0.2) is 13.1 Å². The molecule has 0 spiro atoms. The van der Waals surface area contributed by atoms with Gasteiger partial charge in [-0.1, -0.05) is 40.5 Å². The van der Waals surface area contributed by atoms with Crippen LogP contribution in [0.5, 0.6) is 0 Å². The molecule has 3 nitrogen and oxygen atoms in total. The van der Waals surface area contributed by atoms with Crippen LogP contribution in [0.2, 0.25) is 0 Å². The number of hydrogen-bond donors (Lipinski definition) is 1. The summed E-state index contributed by atoms with van der Waals surface area (Å²) in [6, 6.07) is 7.10. The molecule has 19 heavy (non-hydrogen) atoms. The second kappa shape index (κ2) is 6.37. The number of halogens is 1. The molecule has 0 bridgehead atoms. The van der Waals surface area contributed by atoms with E-state index in [2.05, 4.69) is 20.7 Å². The predicted octanol–water partition coefficient (Wildman–Crippen LogP) is 3.08. The summed E-state index contributed by atoms with van der Waals surface area (Å²) in [4.78, 5) is 0.392. The standard InChI is InChI=1S/C14H20BrNO2S/c1-11-5-2-3-8-14(11)19(17,18)16-10-13-7-4-6-12(13)9-15/h2-3,5,8,12-13,16H,4,6-7,9-10H2,1H3. The summed E-state index contributed by atoms with van der Waals surface area (Å²) in [6.45, 7) is 2.37. The molecule has 2 rings (SSSR count). The number of aryl methyl sites for hydroxylation is 1. The molecular weight excluding hydrogens is 326 g/mol. The Kier molecular flexibility index (Phi) is 5.03. The third kappa shape index (κ3) is 3.58. The summed E-state index contributed by atoms with van der Waals surface area (Å²) in [6.07, 6.45) is 3.52. The Morgan fingerprint density at radius 2 is 1.95 bits per heavy atom. The molecule has 106 valence electrons. The average Bonchev–Trinajstić information content (AvgIpc) is 2.84. The largest absolute Gasteiger partial charge is 0.240 e. The van der Waals surface area contributed by atoms with Crippen LogP contribution in [-0.2, 0) is 10.0 Å². The fraction of sp³-hybridized carbons (Fsp3) is 0.571. The van der Waals surface area contributed by atoms with Gasteiger partial charge < -0.3 is 0 Å². The van der Waals surface area contributed by atoms with Gasteiger partial charge in [0.05, 0.1) is 4.90 Å². The van der Waals surface area contributed by atoms with Crippen molar-refractivity contribution in [3.05, 3.63) is 29.8 Å². The van der Waals surface area contributed by atoms with Crippen molar-refractivity contribution < 1.29 is 8.42 Å². The van der Waals surface area contributed by atoms with Gasteiger partial charge in [-0.3, -0.25) is 0 Å². The highest BCUT2D eigenvalue weighted by Gasteiger charge is 2.28. The van der Waals surface area contributed by atoms with Gasteiger partial charge in [-0.15, -0.1) is 0 Å². The molecule has 0 radical (unpaired) electrons. The molecule has 0 saturated heterocycles. The smallest absolute Gasteiger partial charge is 0.211 e. The summed E-state index contributed by atoms with van der Waals surface area (Å²) >= 11 is 3.52. The van der Waals surface area contributed by atoms with E-state index in [0.717, 1.165) is 17.3 Å². The van der Waals surface area contributed by atoms with E-state index in [9.17, 15) is 8.42 Å². The summed E-state index contributed by atoms with van der Waals surface area (Å²) in [7, 11) is -3.38. The van der Waals surface area contributed by atoms with E-state index in [1.54, 1.807) is 12.1 Å². The van der Waals surface area contributed by atoms with Crippen molar-refractivity contribution in [2.45, 2.75) is 31.1 Å². The van der Waals surface area contributed by atoms with Crippen molar-refractivity contribution in [1.29, 1.82) is 0 Å². The number of sulfonamides is 1. The number of benzene rings is 1. The van der Waals surface area contributed by atoms with Gasteiger partial charge in [0, 0.05) is 11.9 Å². The Morgan fingerprint density at radius 1 is 1.26 bits per heavy atom. The lowest BCUT2D eigenvalue weighted by Gasteiger charge is -2.18. The van der Waals surface area contributed by atoms with Gasteiger partial charge in [-0.05, 0) is 43.2 Å². The highest BCUT2D eigenvalue weighted by atomic mass is 79.9. The fourth-order valence-corrected chi connectivity index (χ4v) is 4.93. The predicted molar refractivity (Wildman–Crippen MR) is 81.0 cm³/mol. The van der Waals surface area contributed by atoms with Gasteiger partial charge in [0.1, 0.15) is 0 Å². The second-order valence-corrected chi connectivity index (χ2v) is 7.61. The van der Waals surface area contributed by atoms with Gasteiger partial charge in [-0.2, -0.15) is 0 Å². The lowest BCUT2D eigenvalue weighted by molar-refractivity contribution is 0.422. The van der Waals surface area contributed by atoms with Crippen LogP contribution in [0.3, 0.4) is 0 Å². The fourth-order valence-electron chi connectivity index (χ4n) is 2.74. The van der Waals surface area contributed by atoms with Crippen LogP contribution in [0.1, 0.15) is 24.8 Å².